The molecule has 0 amide bonds. The third kappa shape index (κ3) is 2.58. The van der Waals surface area contributed by atoms with Gasteiger partial charge >= 0.3 is 0 Å². The molecule has 2 heterocycles. The van der Waals surface area contributed by atoms with Crippen LogP contribution in [0.25, 0.3) is 33.6 Å². The second-order valence-corrected chi connectivity index (χ2v) is 6.65. The molecule has 4 rings (SSSR count). The van der Waals surface area contributed by atoms with Gasteiger partial charge in [-0.3, -0.25) is 0 Å². The van der Waals surface area contributed by atoms with Crippen LogP contribution in [-0.4, -0.2) is 15.0 Å². The number of hydrogen-bond donors (Lipinski definition) is 2. The van der Waals surface area contributed by atoms with E-state index in [-0.39, 0.29) is 0 Å². The number of aromatic nitrogens is 3. The van der Waals surface area contributed by atoms with E-state index in [0.29, 0.717) is 11.4 Å². The average Bonchev–Trinajstić information content (AvgIpc) is 3.23. The highest BCUT2D eigenvalue weighted by Crippen LogP contribution is 2.27. The molecule has 0 bridgehead atoms. The fraction of sp³-hybridized carbons (Fsp3) is 0.182. The molecule has 128 valence electrons. The maximum absolute atomic E-state index is 9.70. The van der Waals surface area contributed by atoms with Crippen LogP contribution in [0.3, 0.4) is 0 Å². The van der Waals surface area contributed by atoms with E-state index in [1.165, 1.54) is 16.7 Å². The van der Waals surface area contributed by atoms with Crippen LogP contribution in [0.15, 0.2) is 36.5 Å². The predicted octanol–water partition coefficient (Wildman–Crippen LogP) is 5.29. The van der Waals surface area contributed by atoms with E-state index >= 15 is 0 Å². The summed E-state index contributed by atoms with van der Waals surface area (Å²) in [5.74, 6) is 0.605. The lowest BCUT2D eigenvalue weighted by Crippen LogP contribution is -1.85. The van der Waals surface area contributed by atoms with Crippen molar-refractivity contribution in [1.29, 1.82) is 5.26 Å². The largest absolute Gasteiger partial charge is 0.360 e. The number of nitrogens with one attached hydrogen (secondary N) is 2. The molecule has 0 saturated heterocycles. The Bertz CT molecular complexity index is 1160. The van der Waals surface area contributed by atoms with Gasteiger partial charge in [0.2, 0.25) is 0 Å². The molecule has 0 saturated carbocycles. The zero-order valence-corrected chi connectivity index (χ0v) is 15.1. The first-order valence-corrected chi connectivity index (χ1v) is 8.78. The Balaban J connectivity index is 1.84. The van der Waals surface area contributed by atoms with Crippen molar-refractivity contribution in [3.63, 3.8) is 0 Å². The Labute approximate surface area is 152 Å². The number of rotatable bonds is 3. The van der Waals surface area contributed by atoms with E-state index in [1.807, 2.05) is 12.3 Å². The number of fused-ring (bicyclic) bond motifs is 2. The van der Waals surface area contributed by atoms with Gasteiger partial charge in [-0.25, -0.2) is 4.98 Å². The number of nitriles is 1. The highest BCUT2D eigenvalue weighted by molar-refractivity contribution is 5.98. The van der Waals surface area contributed by atoms with Crippen molar-refractivity contribution in [2.24, 2.45) is 0 Å². The molecule has 2 aromatic carbocycles. The van der Waals surface area contributed by atoms with Crippen molar-refractivity contribution in [1.82, 2.24) is 15.0 Å². The molecule has 0 atom stereocenters. The van der Waals surface area contributed by atoms with Crippen LogP contribution < -0.4 is 0 Å². The minimum atomic E-state index is 0.527. The SMILES string of the molecule is CCc1cccc2c(C=C(C#N)c3nc4cc(C)c(C)cc4[nH]3)c[nH]c12. The Morgan fingerprint density at radius 3 is 2.81 bits per heavy atom. The second-order valence-electron chi connectivity index (χ2n) is 6.65. The van der Waals surface area contributed by atoms with E-state index < -0.39 is 0 Å². The topological polar surface area (TPSA) is 68.3 Å². The summed E-state index contributed by atoms with van der Waals surface area (Å²) in [6.07, 6.45) is 4.82. The van der Waals surface area contributed by atoms with Crippen molar-refractivity contribution < 1.29 is 0 Å². The van der Waals surface area contributed by atoms with E-state index in [1.54, 1.807) is 0 Å². The summed E-state index contributed by atoms with van der Waals surface area (Å²) in [7, 11) is 0. The van der Waals surface area contributed by atoms with Gasteiger partial charge < -0.3 is 9.97 Å². The normalized spacial score (nSPS) is 12.0. The van der Waals surface area contributed by atoms with Crippen molar-refractivity contribution in [2.75, 3.05) is 0 Å². The summed E-state index contributed by atoms with van der Waals surface area (Å²) in [6, 6.07) is 12.7. The zero-order valence-electron chi connectivity index (χ0n) is 15.1. The van der Waals surface area contributed by atoms with Gasteiger partial charge in [-0.15, -0.1) is 0 Å². The molecule has 0 unspecified atom stereocenters. The van der Waals surface area contributed by atoms with Gasteiger partial charge in [-0.1, -0.05) is 25.1 Å². The molecule has 0 radical (unpaired) electrons. The number of benzene rings is 2. The van der Waals surface area contributed by atoms with Crippen molar-refractivity contribution >= 4 is 33.6 Å². The quantitative estimate of drug-likeness (QED) is 0.498. The van der Waals surface area contributed by atoms with Crippen molar-refractivity contribution in [3.8, 4) is 6.07 Å². The maximum Gasteiger partial charge on any atom is 0.149 e. The number of aryl methyl sites for hydroxylation is 3. The molecule has 2 N–H and O–H groups in total. The van der Waals surface area contributed by atoms with Gasteiger partial charge in [0, 0.05) is 22.7 Å². The van der Waals surface area contributed by atoms with Gasteiger partial charge in [0.05, 0.1) is 16.6 Å². The number of nitrogens with zero attached hydrogens (tertiary/aromatic N) is 2. The summed E-state index contributed by atoms with van der Waals surface area (Å²) in [4.78, 5) is 11.3. The van der Waals surface area contributed by atoms with Gasteiger partial charge in [0.15, 0.2) is 0 Å². The molecule has 0 aliphatic heterocycles. The molecule has 0 spiro atoms. The molecular formula is C22H20N4. The summed E-state index contributed by atoms with van der Waals surface area (Å²) < 4.78 is 0. The third-order valence-corrected chi connectivity index (χ3v) is 4.99. The number of aromatic amines is 2. The first-order valence-electron chi connectivity index (χ1n) is 8.78. The fourth-order valence-electron chi connectivity index (χ4n) is 3.36. The highest BCUT2D eigenvalue weighted by Gasteiger charge is 2.11. The summed E-state index contributed by atoms with van der Waals surface area (Å²) in [5, 5.41) is 10.8. The maximum atomic E-state index is 9.70. The highest BCUT2D eigenvalue weighted by atomic mass is 14.9. The number of allylic oxidation sites excluding steroid dienone is 1. The van der Waals surface area contributed by atoms with Gasteiger partial charge in [-0.2, -0.15) is 5.26 Å². The van der Waals surface area contributed by atoms with E-state index in [9.17, 15) is 5.26 Å². The lowest BCUT2D eigenvalue weighted by molar-refractivity contribution is 1.15. The van der Waals surface area contributed by atoms with Crippen molar-refractivity contribution in [3.05, 3.63) is 64.6 Å². The molecule has 4 heteroatoms. The molecule has 2 aromatic heterocycles. The van der Waals surface area contributed by atoms with Gasteiger partial charge in [0.25, 0.3) is 0 Å². The Hall–Kier alpha value is -3.32. The van der Waals surface area contributed by atoms with Crippen LogP contribution in [0.2, 0.25) is 0 Å². The van der Waals surface area contributed by atoms with Crippen LogP contribution in [0.1, 0.15) is 35.0 Å². The lowest BCUT2D eigenvalue weighted by Gasteiger charge is -1.99. The third-order valence-electron chi connectivity index (χ3n) is 4.99. The molecule has 0 aliphatic carbocycles. The van der Waals surface area contributed by atoms with Gasteiger partial charge in [0.1, 0.15) is 11.9 Å². The Morgan fingerprint density at radius 2 is 2.04 bits per heavy atom. The summed E-state index contributed by atoms with van der Waals surface area (Å²) in [6.45, 7) is 6.29. The number of H-pyrrole nitrogens is 2. The standard InChI is InChI=1S/C22H20N4/c1-4-15-6-5-7-18-17(12-24-21(15)18)10-16(11-23)22-25-19-8-13(2)14(3)9-20(19)26-22/h5-10,12,24H,4H2,1-3H3,(H,25,26). The van der Waals surface area contributed by atoms with Crippen molar-refractivity contribution in [2.45, 2.75) is 27.2 Å². The Morgan fingerprint density at radius 1 is 1.23 bits per heavy atom. The van der Waals surface area contributed by atoms with Crippen LogP contribution in [0.5, 0.6) is 0 Å². The van der Waals surface area contributed by atoms with Crippen LogP contribution >= 0.6 is 0 Å². The molecule has 0 aliphatic rings. The number of para-hydroxylation sites is 1. The number of imidazole rings is 1. The second kappa shape index (κ2) is 6.20. The zero-order chi connectivity index (χ0) is 18.3. The first-order chi connectivity index (χ1) is 12.6. The van der Waals surface area contributed by atoms with E-state index in [4.69, 9.17) is 0 Å². The molecule has 26 heavy (non-hydrogen) atoms. The fourth-order valence-corrected chi connectivity index (χ4v) is 3.36. The predicted molar refractivity (Wildman–Crippen MR) is 107 cm³/mol. The summed E-state index contributed by atoms with van der Waals surface area (Å²) >= 11 is 0. The van der Waals surface area contributed by atoms with Crippen LogP contribution in [-0.2, 0) is 6.42 Å². The minimum absolute atomic E-state index is 0.527. The van der Waals surface area contributed by atoms with Gasteiger partial charge in [-0.05, 0) is 55.2 Å². The first kappa shape index (κ1) is 16.2. The van der Waals surface area contributed by atoms with Crippen LogP contribution in [0.4, 0.5) is 0 Å². The summed E-state index contributed by atoms with van der Waals surface area (Å²) in [5.41, 5.74) is 8.18. The van der Waals surface area contributed by atoms with E-state index in [2.05, 4.69) is 72.1 Å². The Kier molecular flexibility index (Phi) is 3.85. The monoisotopic (exact) mass is 340 g/mol. The molecule has 4 nitrogen and oxygen atoms in total. The smallest absolute Gasteiger partial charge is 0.149 e. The van der Waals surface area contributed by atoms with Crippen LogP contribution in [0, 0.1) is 25.2 Å². The number of hydrogen-bond acceptors (Lipinski definition) is 2. The lowest BCUT2D eigenvalue weighted by atomic mass is 10.1. The molecule has 0 fully saturated rings. The van der Waals surface area contributed by atoms with E-state index in [0.717, 1.165) is 33.9 Å². The molecule has 4 aromatic rings. The molecular weight excluding hydrogens is 320 g/mol. The average molecular weight is 340 g/mol. The minimum Gasteiger partial charge on any atom is -0.360 e.